The summed E-state index contributed by atoms with van der Waals surface area (Å²) in [4.78, 5) is 13.5. The minimum atomic E-state index is -0.156. The van der Waals surface area contributed by atoms with Crippen molar-refractivity contribution in [2.45, 2.75) is 0 Å². The number of nitrogens with one attached hydrogen (secondary N) is 1. The van der Waals surface area contributed by atoms with Gasteiger partial charge in [0.25, 0.3) is 5.91 Å². The number of carbonyl (C=O) groups is 1. The van der Waals surface area contributed by atoms with Gasteiger partial charge in [0.1, 0.15) is 6.61 Å². The zero-order valence-electron chi connectivity index (χ0n) is 15.2. The van der Waals surface area contributed by atoms with E-state index >= 15 is 0 Å². The lowest BCUT2D eigenvalue weighted by Crippen LogP contribution is -2.12. The molecule has 1 aromatic heterocycles. The van der Waals surface area contributed by atoms with E-state index in [9.17, 15) is 4.79 Å². The van der Waals surface area contributed by atoms with Crippen LogP contribution in [0.3, 0.4) is 0 Å². The second-order valence-electron chi connectivity index (χ2n) is 5.69. The number of carbonyl (C=O) groups excluding carboxylic acids is 1. The molecule has 0 saturated heterocycles. The molecule has 3 rings (SSSR count). The highest BCUT2D eigenvalue weighted by Crippen LogP contribution is 2.32. The van der Waals surface area contributed by atoms with Crippen molar-refractivity contribution in [3.8, 4) is 22.6 Å². The Morgan fingerprint density at radius 1 is 1.00 bits per heavy atom. The predicted molar refractivity (Wildman–Crippen MR) is 108 cm³/mol. The number of hydrogen-bond acceptors (Lipinski definition) is 5. The molecule has 6 heteroatoms. The predicted octanol–water partition coefficient (Wildman–Crippen LogP) is 4.70. The molecular formula is C21H21NO4S. The first-order valence-corrected chi connectivity index (χ1v) is 9.35. The van der Waals surface area contributed by atoms with Crippen LogP contribution in [0.4, 0.5) is 5.69 Å². The van der Waals surface area contributed by atoms with Crippen LogP contribution < -0.4 is 14.8 Å². The molecule has 0 radical (unpaired) electrons. The van der Waals surface area contributed by atoms with E-state index in [1.807, 2.05) is 41.8 Å². The van der Waals surface area contributed by atoms with Crippen LogP contribution in [0.2, 0.25) is 0 Å². The molecule has 0 unspecified atom stereocenters. The summed E-state index contributed by atoms with van der Waals surface area (Å²) in [6.07, 6.45) is 0. The van der Waals surface area contributed by atoms with Crippen LogP contribution in [0.15, 0.2) is 60.0 Å². The van der Waals surface area contributed by atoms with E-state index in [-0.39, 0.29) is 5.91 Å². The zero-order valence-corrected chi connectivity index (χ0v) is 16.0. The molecule has 0 aliphatic heterocycles. The third kappa shape index (κ3) is 4.67. The first-order chi connectivity index (χ1) is 13.2. The lowest BCUT2D eigenvalue weighted by Gasteiger charge is -2.13. The van der Waals surface area contributed by atoms with Gasteiger partial charge in [0, 0.05) is 24.4 Å². The van der Waals surface area contributed by atoms with Crippen molar-refractivity contribution in [3.63, 3.8) is 0 Å². The fraction of sp³-hybridized carbons (Fsp3) is 0.190. The first kappa shape index (κ1) is 18.9. The number of rotatable bonds is 8. The number of anilines is 1. The molecule has 0 aliphatic carbocycles. The molecule has 0 spiro atoms. The van der Waals surface area contributed by atoms with Gasteiger partial charge in [-0.05, 0) is 29.1 Å². The highest BCUT2D eigenvalue weighted by molar-refractivity contribution is 7.12. The largest absolute Gasteiger partial charge is 0.493 e. The standard InChI is InChI=1S/C21H21NO4S/c1-24-11-12-26-19-14-16(8-9-18(19)25-2)22-21(23)20-17(10-13-27-20)15-6-4-3-5-7-15/h3-10,13-14H,11-12H2,1-2H3,(H,22,23). The van der Waals surface area contributed by atoms with Gasteiger partial charge < -0.3 is 19.5 Å². The summed E-state index contributed by atoms with van der Waals surface area (Å²) >= 11 is 1.42. The third-order valence-corrected chi connectivity index (χ3v) is 4.84. The number of methoxy groups -OCH3 is 2. The number of benzene rings is 2. The van der Waals surface area contributed by atoms with Crippen LogP contribution in [0.5, 0.6) is 11.5 Å². The Morgan fingerprint density at radius 2 is 1.81 bits per heavy atom. The third-order valence-electron chi connectivity index (χ3n) is 3.92. The summed E-state index contributed by atoms with van der Waals surface area (Å²) in [6, 6.07) is 17.1. The van der Waals surface area contributed by atoms with Crippen molar-refractivity contribution in [1.82, 2.24) is 0 Å². The van der Waals surface area contributed by atoms with E-state index in [1.165, 1.54) is 11.3 Å². The minimum Gasteiger partial charge on any atom is -0.493 e. The van der Waals surface area contributed by atoms with Crippen LogP contribution in [0.1, 0.15) is 9.67 Å². The van der Waals surface area contributed by atoms with Crippen molar-refractivity contribution in [3.05, 3.63) is 64.9 Å². The van der Waals surface area contributed by atoms with Crippen LogP contribution in [0, 0.1) is 0 Å². The second kappa shape index (κ2) is 9.21. The topological polar surface area (TPSA) is 56.8 Å². The van der Waals surface area contributed by atoms with E-state index in [0.717, 1.165) is 11.1 Å². The van der Waals surface area contributed by atoms with Crippen molar-refractivity contribution < 1.29 is 19.0 Å². The van der Waals surface area contributed by atoms with E-state index < -0.39 is 0 Å². The average Bonchev–Trinajstić information content (AvgIpc) is 3.19. The summed E-state index contributed by atoms with van der Waals surface area (Å²) < 4.78 is 16.0. The van der Waals surface area contributed by atoms with Gasteiger partial charge in [-0.3, -0.25) is 4.79 Å². The summed E-state index contributed by atoms with van der Waals surface area (Å²) in [7, 11) is 3.19. The van der Waals surface area contributed by atoms with Crippen molar-refractivity contribution >= 4 is 22.9 Å². The lowest BCUT2D eigenvalue weighted by molar-refractivity contribution is 0.103. The average molecular weight is 383 g/mol. The Balaban J connectivity index is 1.79. The molecule has 140 valence electrons. The van der Waals surface area contributed by atoms with Gasteiger partial charge in [-0.25, -0.2) is 0 Å². The van der Waals surface area contributed by atoms with Crippen LogP contribution in [-0.4, -0.2) is 33.3 Å². The number of thiophene rings is 1. The Morgan fingerprint density at radius 3 is 2.56 bits per heavy atom. The molecule has 27 heavy (non-hydrogen) atoms. The maximum absolute atomic E-state index is 12.8. The lowest BCUT2D eigenvalue weighted by atomic mass is 10.1. The molecule has 5 nitrogen and oxygen atoms in total. The van der Waals surface area contributed by atoms with Crippen LogP contribution in [0.25, 0.3) is 11.1 Å². The van der Waals surface area contributed by atoms with Gasteiger partial charge >= 0.3 is 0 Å². The summed E-state index contributed by atoms with van der Waals surface area (Å²) in [6.45, 7) is 0.864. The van der Waals surface area contributed by atoms with Gasteiger partial charge in [0.2, 0.25) is 0 Å². The molecule has 0 aliphatic rings. The minimum absolute atomic E-state index is 0.156. The number of ether oxygens (including phenoxy) is 3. The monoisotopic (exact) mass is 383 g/mol. The highest BCUT2D eigenvalue weighted by Gasteiger charge is 2.16. The highest BCUT2D eigenvalue weighted by atomic mass is 32.1. The van der Waals surface area contributed by atoms with Gasteiger partial charge in [-0.1, -0.05) is 30.3 Å². The molecule has 0 atom stereocenters. The molecule has 0 bridgehead atoms. The molecule has 1 heterocycles. The van der Waals surface area contributed by atoms with Crippen LogP contribution >= 0.6 is 11.3 Å². The Kier molecular flexibility index (Phi) is 6.46. The zero-order chi connectivity index (χ0) is 19.1. The fourth-order valence-electron chi connectivity index (χ4n) is 2.62. The van der Waals surface area contributed by atoms with Gasteiger partial charge in [-0.2, -0.15) is 0 Å². The number of amides is 1. The molecule has 0 saturated carbocycles. The Hall–Kier alpha value is -2.83. The van der Waals surface area contributed by atoms with Gasteiger partial charge in [0.05, 0.1) is 18.6 Å². The normalized spacial score (nSPS) is 10.4. The smallest absolute Gasteiger partial charge is 0.266 e. The molecule has 1 N–H and O–H groups in total. The molecule has 3 aromatic rings. The molecule has 2 aromatic carbocycles. The van der Waals surface area contributed by atoms with E-state index in [4.69, 9.17) is 14.2 Å². The fourth-order valence-corrected chi connectivity index (χ4v) is 3.43. The molecule has 1 amide bonds. The van der Waals surface area contributed by atoms with Crippen molar-refractivity contribution in [2.24, 2.45) is 0 Å². The SMILES string of the molecule is COCCOc1cc(NC(=O)c2sccc2-c2ccccc2)ccc1OC. The maximum Gasteiger partial charge on any atom is 0.266 e. The summed E-state index contributed by atoms with van der Waals surface area (Å²) in [5, 5.41) is 4.86. The van der Waals surface area contributed by atoms with Crippen molar-refractivity contribution in [2.75, 3.05) is 32.8 Å². The van der Waals surface area contributed by atoms with E-state index in [1.54, 1.807) is 32.4 Å². The second-order valence-corrected chi connectivity index (χ2v) is 6.61. The van der Waals surface area contributed by atoms with Crippen LogP contribution in [-0.2, 0) is 4.74 Å². The number of hydrogen-bond donors (Lipinski definition) is 1. The summed E-state index contributed by atoms with van der Waals surface area (Å²) in [5.74, 6) is 1.00. The van der Waals surface area contributed by atoms with Gasteiger partial charge in [0.15, 0.2) is 11.5 Å². The van der Waals surface area contributed by atoms with Gasteiger partial charge in [-0.15, -0.1) is 11.3 Å². The maximum atomic E-state index is 12.8. The molecule has 0 fully saturated rings. The first-order valence-electron chi connectivity index (χ1n) is 8.47. The Bertz CT molecular complexity index is 892. The van der Waals surface area contributed by atoms with Crippen molar-refractivity contribution in [1.29, 1.82) is 0 Å². The van der Waals surface area contributed by atoms with E-state index in [0.29, 0.717) is 35.3 Å². The summed E-state index contributed by atoms with van der Waals surface area (Å²) in [5.41, 5.74) is 2.58. The quantitative estimate of drug-likeness (QED) is 0.573. The Labute approximate surface area is 162 Å². The molecular weight excluding hydrogens is 362 g/mol. The van der Waals surface area contributed by atoms with E-state index in [2.05, 4.69) is 5.32 Å².